The first-order valence-electron chi connectivity index (χ1n) is 9.93. The molecule has 7 atom stereocenters. The molecule has 26 heavy (non-hydrogen) atoms. The van der Waals surface area contributed by atoms with E-state index in [4.69, 9.17) is 4.74 Å². The molecule has 3 saturated heterocycles. The SMILES string of the molecule is O=C1C[C@@H]2OCC=C3C[N+]4([O-])CC[C@]56c7ccccc7N1[C@@H]5[C@H]2[C@H]3CC64. The summed E-state index contributed by atoms with van der Waals surface area (Å²) in [6, 6.07) is 8.58. The number of amides is 1. The Morgan fingerprint density at radius 1 is 1.31 bits per heavy atom. The zero-order valence-electron chi connectivity index (χ0n) is 14.6. The van der Waals surface area contributed by atoms with E-state index < -0.39 is 0 Å². The second-order valence-electron chi connectivity index (χ2n) is 9.14. The molecule has 1 aromatic carbocycles. The molecular formula is C21H22N2O3. The van der Waals surface area contributed by atoms with E-state index in [9.17, 15) is 10.0 Å². The molecule has 1 spiro atoms. The summed E-state index contributed by atoms with van der Waals surface area (Å²) in [4.78, 5) is 15.3. The second kappa shape index (κ2) is 4.24. The summed E-state index contributed by atoms with van der Waals surface area (Å²) in [6.07, 6.45) is 4.51. The van der Waals surface area contributed by atoms with Crippen molar-refractivity contribution in [3.05, 3.63) is 46.7 Å². The number of hydrogen-bond donors (Lipinski definition) is 0. The van der Waals surface area contributed by atoms with E-state index in [0.717, 1.165) is 18.5 Å². The van der Waals surface area contributed by atoms with Crippen LogP contribution in [0.15, 0.2) is 35.9 Å². The van der Waals surface area contributed by atoms with E-state index in [1.54, 1.807) is 0 Å². The number of anilines is 1. The average Bonchev–Trinajstić information content (AvgIpc) is 3.05. The van der Waals surface area contributed by atoms with Gasteiger partial charge in [-0.3, -0.25) is 4.79 Å². The van der Waals surface area contributed by atoms with Crippen molar-refractivity contribution in [2.45, 2.75) is 42.9 Å². The Kier molecular flexibility index (Phi) is 2.34. The van der Waals surface area contributed by atoms with Crippen molar-refractivity contribution in [3.8, 4) is 0 Å². The van der Waals surface area contributed by atoms with Crippen molar-refractivity contribution in [2.24, 2.45) is 11.8 Å². The standard InChI is InChI=1S/C21H22N2O3/c24-18-10-16-19-13-9-17-21(6-7-23(17,25)11-12(13)5-8-26-16)14-3-1-2-4-15(14)22(18)20(19)21/h1-5,13,16-17,19-20H,6-11H2/t13-,16-,17?,19-,20+,21+,23?/m0/s1. The zero-order chi connectivity index (χ0) is 17.3. The van der Waals surface area contributed by atoms with E-state index in [2.05, 4.69) is 29.2 Å². The molecule has 134 valence electrons. The summed E-state index contributed by atoms with van der Waals surface area (Å²) in [6.45, 7) is 1.87. The third-order valence-electron chi connectivity index (χ3n) is 8.50. The van der Waals surface area contributed by atoms with Crippen molar-refractivity contribution >= 4 is 11.6 Å². The largest absolute Gasteiger partial charge is 0.632 e. The molecule has 0 radical (unpaired) electrons. The quantitative estimate of drug-likeness (QED) is 0.409. The van der Waals surface area contributed by atoms with Crippen LogP contribution in [-0.2, 0) is 14.9 Å². The van der Waals surface area contributed by atoms with E-state index in [1.807, 2.05) is 6.07 Å². The van der Waals surface area contributed by atoms with Crippen LogP contribution >= 0.6 is 0 Å². The van der Waals surface area contributed by atoms with Crippen LogP contribution in [0.5, 0.6) is 0 Å². The number of carbonyl (C=O) groups excluding carboxylic acids is 1. The van der Waals surface area contributed by atoms with Crippen molar-refractivity contribution < 1.29 is 14.2 Å². The van der Waals surface area contributed by atoms with Gasteiger partial charge in [0.25, 0.3) is 0 Å². The van der Waals surface area contributed by atoms with E-state index >= 15 is 0 Å². The number of nitrogens with zero attached hydrogens (tertiary/aromatic N) is 2. The molecule has 0 aromatic heterocycles. The summed E-state index contributed by atoms with van der Waals surface area (Å²) in [5.41, 5.74) is 3.46. The molecule has 1 amide bonds. The summed E-state index contributed by atoms with van der Waals surface area (Å²) in [7, 11) is 0. The monoisotopic (exact) mass is 350 g/mol. The number of rotatable bonds is 0. The third-order valence-corrected chi connectivity index (χ3v) is 8.50. The highest BCUT2D eigenvalue weighted by Crippen LogP contribution is 2.67. The lowest BCUT2D eigenvalue weighted by molar-refractivity contribution is -0.896. The Morgan fingerprint density at radius 2 is 2.19 bits per heavy atom. The van der Waals surface area contributed by atoms with E-state index in [-0.39, 0.29) is 34.2 Å². The number of hydrogen-bond acceptors (Lipinski definition) is 3. The molecule has 4 fully saturated rings. The predicted octanol–water partition coefficient (Wildman–Crippen LogP) is 2.11. The van der Waals surface area contributed by atoms with E-state index in [0.29, 0.717) is 38.0 Å². The average molecular weight is 350 g/mol. The number of ether oxygens (including phenoxy) is 1. The number of quaternary nitrogens is 1. The first-order chi connectivity index (χ1) is 12.6. The van der Waals surface area contributed by atoms with Crippen LogP contribution in [0.25, 0.3) is 0 Å². The fourth-order valence-corrected chi connectivity index (χ4v) is 7.77. The molecule has 1 aliphatic carbocycles. The van der Waals surface area contributed by atoms with Gasteiger partial charge in [-0.15, -0.1) is 0 Å². The maximum absolute atomic E-state index is 13.9. The van der Waals surface area contributed by atoms with Gasteiger partial charge in [0, 0.05) is 24.4 Å². The van der Waals surface area contributed by atoms with Crippen LogP contribution < -0.4 is 4.90 Å². The van der Waals surface area contributed by atoms with Crippen molar-refractivity contribution in [3.63, 3.8) is 0 Å². The lowest BCUT2D eigenvalue weighted by Gasteiger charge is -2.61. The second-order valence-corrected chi connectivity index (χ2v) is 9.14. The van der Waals surface area contributed by atoms with Gasteiger partial charge in [0.15, 0.2) is 0 Å². The van der Waals surface area contributed by atoms with Gasteiger partial charge < -0.3 is 19.5 Å². The van der Waals surface area contributed by atoms with Crippen LogP contribution in [0.3, 0.4) is 0 Å². The molecule has 5 nitrogen and oxygen atoms in total. The summed E-state index contributed by atoms with van der Waals surface area (Å²) < 4.78 is 6.10. The number of benzene rings is 1. The van der Waals surface area contributed by atoms with Gasteiger partial charge in [-0.2, -0.15) is 0 Å². The number of hydroxylamine groups is 3. The molecule has 5 heterocycles. The van der Waals surface area contributed by atoms with Gasteiger partial charge >= 0.3 is 0 Å². The third kappa shape index (κ3) is 1.33. The summed E-state index contributed by atoms with van der Waals surface area (Å²) in [5.74, 6) is 0.922. The van der Waals surface area contributed by atoms with Crippen LogP contribution in [0.2, 0.25) is 0 Å². The zero-order valence-corrected chi connectivity index (χ0v) is 14.6. The molecule has 1 aromatic rings. The molecule has 5 aliphatic heterocycles. The molecule has 6 aliphatic rings. The maximum Gasteiger partial charge on any atom is 0.229 e. The smallest absolute Gasteiger partial charge is 0.229 e. The predicted molar refractivity (Wildman–Crippen MR) is 95.2 cm³/mol. The van der Waals surface area contributed by atoms with Gasteiger partial charge in [0.2, 0.25) is 5.91 Å². The first kappa shape index (κ1) is 14.4. The molecule has 2 unspecified atom stereocenters. The molecule has 5 heteroatoms. The molecule has 0 N–H and O–H groups in total. The molecule has 7 rings (SSSR count). The molecule has 1 saturated carbocycles. The number of para-hydroxylation sites is 1. The number of piperidine rings is 2. The fraction of sp³-hybridized carbons (Fsp3) is 0.571. The van der Waals surface area contributed by atoms with Crippen LogP contribution in [0.1, 0.15) is 24.8 Å². The Labute approximate surface area is 152 Å². The number of carbonyl (C=O) groups is 1. The Bertz CT molecular complexity index is 897. The molecule has 2 bridgehead atoms. The van der Waals surface area contributed by atoms with Crippen molar-refractivity contribution in [1.29, 1.82) is 0 Å². The maximum atomic E-state index is 13.9. The van der Waals surface area contributed by atoms with Crippen LogP contribution in [0, 0.1) is 17.0 Å². The van der Waals surface area contributed by atoms with Gasteiger partial charge in [-0.05, 0) is 23.1 Å². The van der Waals surface area contributed by atoms with Crippen LogP contribution in [-0.4, -0.2) is 48.4 Å². The van der Waals surface area contributed by atoms with Crippen LogP contribution in [0.4, 0.5) is 5.69 Å². The fourth-order valence-electron chi connectivity index (χ4n) is 7.77. The van der Waals surface area contributed by atoms with Gasteiger partial charge in [-0.1, -0.05) is 24.3 Å². The highest BCUT2D eigenvalue weighted by atomic mass is 16.6. The highest BCUT2D eigenvalue weighted by Gasteiger charge is 2.74. The van der Waals surface area contributed by atoms with Crippen molar-refractivity contribution in [2.75, 3.05) is 24.6 Å². The molecular weight excluding hydrogens is 328 g/mol. The lowest BCUT2D eigenvalue weighted by atomic mass is 9.53. The minimum Gasteiger partial charge on any atom is -0.632 e. The van der Waals surface area contributed by atoms with Gasteiger partial charge in [0.1, 0.15) is 12.6 Å². The minimum atomic E-state index is -0.174. The van der Waals surface area contributed by atoms with Crippen molar-refractivity contribution in [1.82, 2.24) is 0 Å². The first-order valence-corrected chi connectivity index (χ1v) is 9.93. The minimum absolute atomic E-state index is 0.00175. The van der Waals surface area contributed by atoms with Gasteiger partial charge in [-0.25, -0.2) is 0 Å². The van der Waals surface area contributed by atoms with E-state index in [1.165, 1.54) is 11.1 Å². The highest BCUT2D eigenvalue weighted by molar-refractivity contribution is 5.99. The summed E-state index contributed by atoms with van der Waals surface area (Å²) in [5, 5.41) is 13.9. The Morgan fingerprint density at radius 3 is 3.12 bits per heavy atom. The number of fused-ring (bicyclic) bond motifs is 2. The summed E-state index contributed by atoms with van der Waals surface area (Å²) >= 11 is 0. The lowest BCUT2D eigenvalue weighted by Crippen LogP contribution is -2.71. The Hall–Kier alpha value is -1.69. The van der Waals surface area contributed by atoms with Gasteiger partial charge in [0.05, 0.1) is 37.1 Å². The topological polar surface area (TPSA) is 52.6 Å². The normalized spacial score (nSPS) is 49.6. The Balaban J connectivity index is 1.56.